The van der Waals surface area contributed by atoms with Crippen molar-refractivity contribution in [3.8, 4) is 11.4 Å². The van der Waals surface area contributed by atoms with E-state index < -0.39 is 0 Å². The molecule has 1 aromatic heterocycles. The summed E-state index contributed by atoms with van der Waals surface area (Å²) in [4.78, 5) is 12.0. The maximum absolute atomic E-state index is 13.1. The number of halogens is 2. The van der Waals surface area contributed by atoms with E-state index in [1.54, 1.807) is 24.3 Å². The lowest BCUT2D eigenvalue weighted by molar-refractivity contribution is -0.118. The number of hydrogen-bond donors (Lipinski definition) is 1. The molecule has 0 unspecified atom stereocenters. The van der Waals surface area contributed by atoms with Crippen LogP contribution in [0.25, 0.3) is 11.4 Å². The van der Waals surface area contributed by atoms with Crippen molar-refractivity contribution in [3.63, 3.8) is 0 Å². The van der Waals surface area contributed by atoms with Crippen LogP contribution in [0.3, 0.4) is 0 Å². The molecule has 144 valence electrons. The van der Waals surface area contributed by atoms with E-state index in [1.165, 1.54) is 30.1 Å². The standard InChI is InChI=1S/C19H17ClFN5OS/c1-2-26-18(14-6-8-15(20)9-7-14)24-25-19(26)28-12-17(27)23-22-11-13-4-3-5-16(21)10-13/h3-11H,2,12H2,1H3,(H,23,27)/b22-11+. The smallest absolute Gasteiger partial charge is 0.250 e. The van der Waals surface area contributed by atoms with Gasteiger partial charge in [-0.05, 0) is 48.9 Å². The quantitative estimate of drug-likeness (QED) is 0.358. The van der Waals surface area contributed by atoms with E-state index in [0.29, 0.717) is 28.1 Å². The predicted molar refractivity (Wildman–Crippen MR) is 109 cm³/mol. The molecule has 0 fully saturated rings. The van der Waals surface area contributed by atoms with Crippen LogP contribution in [0.5, 0.6) is 0 Å². The average Bonchev–Trinajstić information content (AvgIpc) is 3.10. The van der Waals surface area contributed by atoms with Crippen molar-refractivity contribution in [1.29, 1.82) is 0 Å². The molecule has 6 nitrogen and oxygen atoms in total. The highest BCUT2D eigenvalue weighted by Gasteiger charge is 2.14. The molecule has 28 heavy (non-hydrogen) atoms. The fourth-order valence-corrected chi connectivity index (χ4v) is 3.34. The summed E-state index contributed by atoms with van der Waals surface area (Å²) < 4.78 is 15.0. The number of benzene rings is 2. The summed E-state index contributed by atoms with van der Waals surface area (Å²) in [5, 5.41) is 13.5. The van der Waals surface area contributed by atoms with E-state index in [4.69, 9.17) is 11.6 Å². The first-order valence-corrected chi connectivity index (χ1v) is 9.82. The summed E-state index contributed by atoms with van der Waals surface area (Å²) in [6.45, 7) is 2.64. The molecule has 1 heterocycles. The fourth-order valence-electron chi connectivity index (χ4n) is 2.42. The number of carbonyl (C=O) groups excluding carboxylic acids is 1. The normalized spacial score (nSPS) is 11.1. The maximum atomic E-state index is 13.1. The van der Waals surface area contributed by atoms with E-state index >= 15 is 0 Å². The van der Waals surface area contributed by atoms with Gasteiger partial charge in [0.1, 0.15) is 5.82 Å². The van der Waals surface area contributed by atoms with Gasteiger partial charge in [-0.2, -0.15) is 5.10 Å². The van der Waals surface area contributed by atoms with Crippen LogP contribution in [0.4, 0.5) is 4.39 Å². The number of thioether (sulfide) groups is 1. The molecule has 0 saturated carbocycles. The minimum atomic E-state index is -0.360. The minimum absolute atomic E-state index is 0.124. The molecule has 9 heteroatoms. The highest BCUT2D eigenvalue weighted by Crippen LogP contribution is 2.24. The van der Waals surface area contributed by atoms with Crippen molar-refractivity contribution in [3.05, 3.63) is 64.9 Å². The molecule has 0 spiro atoms. The number of nitrogens with zero attached hydrogens (tertiary/aromatic N) is 4. The van der Waals surface area contributed by atoms with Crippen molar-refractivity contribution in [2.24, 2.45) is 5.10 Å². The van der Waals surface area contributed by atoms with Gasteiger partial charge in [-0.25, -0.2) is 9.82 Å². The number of nitrogens with one attached hydrogen (secondary N) is 1. The minimum Gasteiger partial charge on any atom is -0.302 e. The Balaban J connectivity index is 1.59. The average molecular weight is 418 g/mol. The van der Waals surface area contributed by atoms with Crippen molar-refractivity contribution >= 4 is 35.5 Å². The summed E-state index contributed by atoms with van der Waals surface area (Å²) in [5.74, 6) is 0.183. The van der Waals surface area contributed by atoms with Crippen LogP contribution in [-0.2, 0) is 11.3 Å². The Hall–Kier alpha value is -2.71. The molecule has 0 aliphatic rings. The second kappa shape index (κ2) is 9.48. The topological polar surface area (TPSA) is 72.2 Å². The molecule has 2 aromatic carbocycles. The lowest BCUT2D eigenvalue weighted by Crippen LogP contribution is -2.20. The Bertz CT molecular complexity index is 990. The zero-order valence-corrected chi connectivity index (χ0v) is 16.5. The van der Waals surface area contributed by atoms with Crippen molar-refractivity contribution < 1.29 is 9.18 Å². The predicted octanol–water partition coefficient (Wildman–Crippen LogP) is 4.00. The third kappa shape index (κ3) is 5.17. The molecular formula is C19H17ClFN5OS. The molecule has 0 saturated heterocycles. The summed E-state index contributed by atoms with van der Waals surface area (Å²) >= 11 is 7.19. The zero-order valence-electron chi connectivity index (χ0n) is 15.0. The van der Waals surface area contributed by atoms with Crippen LogP contribution in [0.2, 0.25) is 5.02 Å². The van der Waals surface area contributed by atoms with Gasteiger partial charge in [-0.3, -0.25) is 4.79 Å². The van der Waals surface area contributed by atoms with Gasteiger partial charge in [-0.1, -0.05) is 35.5 Å². The number of amides is 1. The van der Waals surface area contributed by atoms with Crippen LogP contribution in [-0.4, -0.2) is 32.6 Å². The molecule has 0 aliphatic heterocycles. The van der Waals surface area contributed by atoms with Crippen LogP contribution < -0.4 is 5.43 Å². The monoisotopic (exact) mass is 417 g/mol. The Labute approximate surface area is 170 Å². The maximum Gasteiger partial charge on any atom is 0.250 e. The van der Waals surface area contributed by atoms with E-state index in [-0.39, 0.29) is 17.5 Å². The molecule has 1 N–H and O–H groups in total. The van der Waals surface area contributed by atoms with Crippen LogP contribution in [0.1, 0.15) is 12.5 Å². The first-order valence-electron chi connectivity index (χ1n) is 8.46. The van der Waals surface area contributed by atoms with Crippen molar-refractivity contribution in [1.82, 2.24) is 20.2 Å². The van der Waals surface area contributed by atoms with Gasteiger partial charge < -0.3 is 4.57 Å². The summed E-state index contributed by atoms with van der Waals surface area (Å²) in [7, 11) is 0. The third-order valence-electron chi connectivity index (χ3n) is 3.72. The van der Waals surface area contributed by atoms with Gasteiger partial charge in [0, 0.05) is 17.1 Å². The van der Waals surface area contributed by atoms with Crippen LogP contribution in [0, 0.1) is 5.82 Å². The van der Waals surface area contributed by atoms with Crippen molar-refractivity contribution in [2.75, 3.05) is 5.75 Å². The Morgan fingerprint density at radius 2 is 2.07 bits per heavy atom. The van der Waals surface area contributed by atoms with Crippen LogP contribution in [0.15, 0.2) is 58.8 Å². The summed E-state index contributed by atoms with van der Waals surface area (Å²) in [5.41, 5.74) is 3.88. The van der Waals surface area contributed by atoms with E-state index in [2.05, 4.69) is 20.7 Å². The lowest BCUT2D eigenvalue weighted by atomic mass is 10.2. The van der Waals surface area contributed by atoms with Gasteiger partial charge in [-0.15, -0.1) is 10.2 Å². The second-order valence-electron chi connectivity index (χ2n) is 5.69. The van der Waals surface area contributed by atoms with E-state index in [1.807, 2.05) is 23.6 Å². The molecule has 1 amide bonds. The summed E-state index contributed by atoms with van der Waals surface area (Å²) in [6.07, 6.45) is 1.39. The van der Waals surface area contributed by atoms with Crippen molar-refractivity contribution in [2.45, 2.75) is 18.6 Å². The molecule has 0 aliphatic carbocycles. The molecule has 0 atom stereocenters. The van der Waals surface area contributed by atoms with Gasteiger partial charge >= 0.3 is 0 Å². The highest BCUT2D eigenvalue weighted by atomic mass is 35.5. The van der Waals surface area contributed by atoms with E-state index in [0.717, 1.165) is 5.56 Å². The van der Waals surface area contributed by atoms with Gasteiger partial charge in [0.05, 0.1) is 12.0 Å². The highest BCUT2D eigenvalue weighted by molar-refractivity contribution is 7.99. The Morgan fingerprint density at radius 1 is 1.29 bits per heavy atom. The molecule has 3 rings (SSSR count). The van der Waals surface area contributed by atoms with Gasteiger partial charge in [0.25, 0.3) is 5.91 Å². The Kier molecular flexibility index (Phi) is 6.78. The second-order valence-corrected chi connectivity index (χ2v) is 7.07. The first kappa shape index (κ1) is 20.0. The molecule has 0 radical (unpaired) electrons. The number of rotatable bonds is 7. The number of hydrazone groups is 1. The number of aromatic nitrogens is 3. The van der Waals surface area contributed by atoms with Gasteiger partial charge in [0.2, 0.25) is 0 Å². The zero-order chi connectivity index (χ0) is 19.9. The largest absolute Gasteiger partial charge is 0.302 e. The third-order valence-corrected chi connectivity index (χ3v) is 4.94. The SMILES string of the molecule is CCn1c(SCC(=O)N/N=C/c2cccc(F)c2)nnc1-c1ccc(Cl)cc1. The molecular weight excluding hydrogens is 401 g/mol. The summed E-state index contributed by atoms with van der Waals surface area (Å²) in [6, 6.07) is 13.3. The van der Waals surface area contributed by atoms with Gasteiger partial charge in [0.15, 0.2) is 11.0 Å². The Morgan fingerprint density at radius 3 is 2.79 bits per heavy atom. The number of hydrogen-bond acceptors (Lipinski definition) is 5. The van der Waals surface area contributed by atoms with E-state index in [9.17, 15) is 9.18 Å². The first-order chi connectivity index (χ1) is 13.6. The molecule has 3 aromatic rings. The lowest BCUT2D eigenvalue weighted by Gasteiger charge is -2.07. The fraction of sp³-hybridized carbons (Fsp3) is 0.158. The number of carbonyl (C=O) groups is 1. The molecule has 0 bridgehead atoms. The van der Waals surface area contributed by atoms with Crippen LogP contribution >= 0.6 is 23.4 Å².